The van der Waals surface area contributed by atoms with E-state index < -0.39 is 0 Å². The molecule has 0 unspecified atom stereocenters. The Balaban J connectivity index is 1.84. The second-order valence-electron chi connectivity index (χ2n) is 5.03. The van der Waals surface area contributed by atoms with Gasteiger partial charge in [-0.05, 0) is 60.2 Å². The number of rotatable bonds is 2. The third kappa shape index (κ3) is 3.83. The van der Waals surface area contributed by atoms with Crippen LogP contribution in [0.5, 0.6) is 5.75 Å². The highest BCUT2D eigenvalue weighted by Crippen LogP contribution is 2.32. The maximum Gasteiger partial charge on any atom is 0.264 e. The molecular formula is C17H13BrN2O2S. The molecule has 0 aliphatic carbocycles. The van der Waals surface area contributed by atoms with Crippen LogP contribution < -0.4 is 5.32 Å². The third-order valence-electron chi connectivity index (χ3n) is 3.17. The molecule has 1 aliphatic heterocycles. The lowest BCUT2D eigenvalue weighted by atomic mass is 10.2. The van der Waals surface area contributed by atoms with Crippen molar-refractivity contribution < 1.29 is 9.90 Å². The van der Waals surface area contributed by atoms with Gasteiger partial charge in [0.05, 0.1) is 4.91 Å². The van der Waals surface area contributed by atoms with Crippen LogP contribution in [0.3, 0.4) is 0 Å². The van der Waals surface area contributed by atoms with E-state index in [2.05, 4.69) is 26.2 Å². The highest BCUT2D eigenvalue weighted by molar-refractivity contribution is 9.10. The van der Waals surface area contributed by atoms with Crippen LogP contribution in [0.4, 0.5) is 5.69 Å². The molecule has 1 heterocycles. The number of halogens is 1. The van der Waals surface area contributed by atoms with E-state index in [1.807, 2.05) is 43.3 Å². The number of hydrogen-bond donors (Lipinski definition) is 2. The average Bonchev–Trinajstić information content (AvgIpc) is 2.84. The number of phenols is 1. The Morgan fingerprint density at radius 2 is 1.96 bits per heavy atom. The molecule has 1 amide bonds. The number of amides is 1. The summed E-state index contributed by atoms with van der Waals surface area (Å²) in [7, 11) is 0. The quantitative estimate of drug-likeness (QED) is 0.751. The van der Waals surface area contributed by atoms with Crippen LogP contribution >= 0.6 is 27.7 Å². The van der Waals surface area contributed by atoms with Gasteiger partial charge in [0, 0.05) is 4.47 Å². The van der Waals surface area contributed by atoms with Crippen LogP contribution in [0.2, 0.25) is 0 Å². The number of benzene rings is 2. The number of nitrogens with zero attached hydrogens (tertiary/aromatic N) is 1. The van der Waals surface area contributed by atoms with Crippen molar-refractivity contribution in [1.29, 1.82) is 0 Å². The number of carbonyl (C=O) groups excluding carboxylic acids is 1. The van der Waals surface area contributed by atoms with E-state index in [1.54, 1.807) is 12.1 Å². The Labute approximate surface area is 146 Å². The van der Waals surface area contributed by atoms with E-state index in [4.69, 9.17) is 0 Å². The number of hydrogen-bond acceptors (Lipinski definition) is 4. The molecule has 0 radical (unpaired) electrons. The summed E-state index contributed by atoms with van der Waals surface area (Å²) in [5.74, 6) is -0.0963. The molecule has 0 saturated carbocycles. The van der Waals surface area contributed by atoms with E-state index in [0.717, 1.165) is 15.6 Å². The summed E-state index contributed by atoms with van der Waals surface area (Å²) >= 11 is 4.63. The van der Waals surface area contributed by atoms with Gasteiger partial charge in [-0.25, -0.2) is 4.99 Å². The fourth-order valence-corrected chi connectivity index (χ4v) is 3.13. The summed E-state index contributed by atoms with van der Waals surface area (Å²) < 4.78 is 0.986. The Morgan fingerprint density at radius 3 is 2.65 bits per heavy atom. The topological polar surface area (TPSA) is 61.7 Å². The van der Waals surface area contributed by atoms with Gasteiger partial charge in [-0.3, -0.25) is 4.79 Å². The lowest BCUT2D eigenvalue weighted by Gasteiger charge is -2.01. The maximum atomic E-state index is 12.0. The highest BCUT2D eigenvalue weighted by atomic mass is 79.9. The van der Waals surface area contributed by atoms with Crippen LogP contribution in [-0.4, -0.2) is 16.2 Å². The maximum absolute atomic E-state index is 12.0. The van der Waals surface area contributed by atoms with Crippen LogP contribution in [0.1, 0.15) is 11.1 Å². The molecule has 1 fully saturated rings. The Morgan fingerprint density at radius 1 is 1.22 bits per heavy atom. The molecule has 23 heavy (non-hydrogen) atoms. The van der Waals surface area contributed by atoms with E-state index in [1.165, 1.54) is 11.8 Å². The van der Waals surface area contributed by atoms with E-state index in [0.29, 0.717) is 15.8 Å². The molecule has 0 bridgehead atoms. The summed E-state index contributed by atoms with van der Waals surface area (Å²) in [6, 6.07) is 12.9. The van der Waals surface area contributed by atoms with Crippen molar-refractivity contribution in [3.8, 4) is 5.75 Å². The predicted octanol–water partition coefficient (Wildman–Crippen LogP) is 4.35. The monoisotopic (exact) mass is 388 g/mol. The van der Waals surface area contributed by atoms with Crippen LogP contribution in [-0.2, 0) is 4.79 Å². The van der Waals surface area contributed by atoms with Gasteiger partial charge in [0.25, 0.3) is 5.91 Å². The van der Waals surface area contributed by atoms with Crippen molar-refractivity contribution in [2.24, 2.45) is 4.99 Å². The van der Waals surface area contributed by atoms with Crippen LogP contribution in [0, 0.1) is 6.92 Å². The normalized spacial score (nSPS) is 17.7. The predicted molar refractivity (Wildman–Crippen MR) is 97.8 cm³/mol. The minimum absolute atomic E-state index is 0.0951. The lowest BCUT2D eigenvalue weighted by Crippen LogP contribution is -2.19. The number of aromatic hydroxyl groups is 1. The van der Waals surface area contributed by atoms with E-state index >= 15 is 0 Å². The number of phenolic OH excluding ortho intramolecular Hbond substituents is 1. The first-order chi connectivity index (χ1) is 11.0. The van der Waals surface area contributed by atoms with E-state index in [9.17, 15) is 9.90 Å². The van der Waals surface area contributed by atoms with Gasteiger partial charge in [0.1, 0.15) is 11.4 Å². The molecule has 116 valence electrons. The second-order valence-corrected chi connectivity index (χ2v) is 6.97. The zero-order valence-electron chi connectivity index (χ0n) is 12.2. The number of carbonyl (C=O) groups is 1. The van der Waals surface area contributed by atoms with Crippen molar-refractivity contribution in [2.45, 2.75) is 6.92 Å². The van der Waals surface area contributed by atoms with E-state index in [-0.39, 0.29) is 11.7 Å². The molecule has 4 nitrogen and oxygen atoms in total. The summed E-state index contributed by atoms with van der Waals surface area (Å²) in [6.45, 7) is 1.89. The number of aliphatic imine (C=N–C) groups is 1. The highest BCUT2D eigenvalue weighted by Gasteiger charge is 2.24. The first-order valence-corrected chi connectivity index (χ1v) is 8.47. The Kier molecular flexibility index (Phi) is 4.54. The summed E-state index contributed by atoms with van der Waals surface area (Å²) in [5, 5.41) is 13.1. The first-order valence-electron chi connectivity index (χ1n) is 6.86. The van der Waals surface area contributed by atoms with Crippen molar-refractivity contribution in [3.05, 3.63) is 63.0 Å². The summed E-state index contributed by atoms with van der Waals surface area (Å²) in [5.41, 5.74) is 2.32. The third-order valence-corrected chi connectivity index (χ3v) is 4.61. The first kappa shape index (κ1) is 15.8. The lowest BCUT2D eigenvalue weighted by molar-refractivity contribution is -0.115. The zero-order valence-corrected chi connectivity index (χ0v) is 14.6. The molecule has 6 heteroatoms. The fourth-order valence-electron chi connectivity index (χ4n) is 2.03. The van der Waals surface area contributed by atoms with Gasteiger partial charge in [0.15, 0.2) is 5.17 Å². The molecule has 0 spiro atoms. The molecule has 0 aromatic heterocycles. The number of aryl methyl sites for hydroxylation is 1. The van der Waals surface area contributed by atoms with Gasteiger partial charge >= 0.3 is 0 Å². The average molecular weight is 389 g/mol. The molecule has 2 N–H and O–H groups in total. The van der Waals surface area contributed by atoms with Crippen molar-refractivity contribution in [1.82, 2.24) is 5.32 Å². The molecule has 2 aromatic carbocycles. The Hall–Kier alpha value is -2.05. The minimum Gasteiger partial charge on any atom is -0.506 e. The standard InChI is InChI=1S/C17H13BrN2O2S/c1-10-2-7-13(14(21)8-10)19-17-20-16(22)15(23-17)9-11-3-5-12(18)6-4-11/h2-9,21H,1H3,(H,19,20,22)/b15-9-. The fraction of sp³-hybridized carbons (Fsp3) is 0.0588. The summed E-state index contributed by atoms with van der Waals surface area (Å²) in [4.78, 5) is 16.9. The molecule has 3 rings (SSSR count). The Bertz CT molecular complexity index is 829. The smallest absolute Gasteiger partial charge is 0.264 e. The largest absolute Gasteiger partial charge is 0.506 e. The van der Waals surface area contributed by atoms with Gasteiger partial charge in [-0.1, -0.05) is 34.1 Å². The second kappa shape index (κ2) is 6.60. The number of nitrogens with one attached hydrogen (secondary N) is 1. The van der Waals surface area contributed by atoms with Crippen LogP contribution in [0.15, 0.2) is 56.8 Å². The number of amidine groups is 1. The SMILES string of the molecule is Cc1ccc(N=C2NC(=O)/C(=C/c3ccc(Br)cc3)S2)c(O)c1. The van der Waals surface area contributed by atoms with Crippen molar-refractivity contribution >= 4 is 50.5 Å². The molecule has 1 saturated heterocycles. The molecule has 0 atom stereocenters. The van der Waals surface area contributed by atoms with Gasteiger partial charge in [-0.15, -0.1) is 0 Å². The van der Waals surface area contributed by atoms with Gasteiger partial charge in [0.2, 0.25) is 0 Å². The van der Waals surface area contributed by atoms with Gasteiger partial charge in [-0.2, -0.15) is 0 Å². The van der Waals surface area contributed by atoms with Crippen LogP contribution in [0.25, 0.3) is 6.08 Å². The van der Waals surface area contributed by atoms with Crippen molar-refractivity contribution in [2.75, 3.05) is 0 Å². The molecule has 2 aromatic rings. The van der Waals surface area contributed by atoms with Gasteiger partial charge < -0.3 is 10.4 Å². The minimum atomic E-state index is -0.191. The van der Waals surface area contributed by atoms with Crippen molar-refractivity contribution in [3.63, 3.8) is 0 Å². The zero-order chi connectivity index (χ0) is 16.4. The number of thioether (sulfide) groups is 1. The molecule has 1 aliphatic rings. The summed E-state index contributed by atoms with van der Waals surface area (Å²) in [6.07, 6.45) is 1.81. The molecular weight excluding hydrogens is 376 g/mol.